The predicted molar refractivity (Wildman–Crippen MR) is 43.4 cm³/mol. The molecule has 3 heteroatoms. The van der Waals surface area contributed by atoms with Crippen molar-refractivity contribution in [3.05, 3.63) is 23.4 Å². The Morgan fingerprint density at radius 1 is 1.25 bits per heavy atom. The van der Waals surface area contributed by atoms with E-state index in [1.54, 1.807) is 0 Å². The van der Waals surface area contributed by atoms with Gasteiger partial charge in [-0.25, -0.2) is 0 Å². The van der Waals surface area contributed by atoms with Crippen molar-refractivity contribution in [1.29, 1.82) is 0 Å². The summed E-state index contributed by atoms with van der Waals surface area (Å²) in [6.07, 6.45) is 3.77. The number of carbonyl (C=O) groups is 2. The lowest BCUT2D eigenvalue weighted by Gasteiger charge is -2.14. The predicted octanol–water partition coefficient (Wildman–Crippen LogP) is 0.284. The lowest BCUT2D eigenvalue weighted by atomic mass is 10.0. The molecule has 1 saturated heterocycles. The lowest BCUT2D eigenvalue weighted by molar-refractivity contribution is -0.131. The third kappa shape index (κ3) is 0.897. The van der Waals surface area contributed by atoms with E-state index in [4.69, 9.17) is 0 Å². The van der Waals surface area contributed by atoms with Crippen molar-refractivity contribution in [3.8, 4) is 0 Å². The second-order valence-corrected chi connectivity index (χ2v) is 3.10. The minimum Gasteiger partial charge on any atom is -0.374 e. The Hall–Kier alpha value is -1.38. The maximum Gasteiger partial charge on any atom is 0.227 e. The van der Waals surface area contributed by atoms with E-state index >= 15 is 0 Å². The van der Waals surface area contributed by atoms with Crippen molar-refractivity contribution in [3.63, 3.8) is 0 Å². The van der Waals surface area contributed by atoms with Crippen LogP contribution in [0.1, 0.15) is 6.42 Å². The third-order valence-corrected chi connectivity index (χ3v) is 2.27. The second-order valence-electron chi connectivity index (χ2n) is 3.10. The molecule has 0 atom stereocenters. The van der Waals surface area contributed by atoms with Gasteiger partial charge in [0.15, 0.2) is 0 Å². The minimum absolute atomic E-state index is 0.385. The third-order valence-electron chi connectivity index (χ3n) is 2.27. The molecule has 0 spiro atoms. The van der Waals surface area contributed by atoms with Gasteiger partial charge in [0.1, 0.15) is 0 Å². The molecule has 0 saturated carbocycles. The number of likely N-dealkylation sites (N-methyl/N-ethyl adjacent to an activating group) is 1. The Bertz CT molecular complexity index is 325. The van der Waals surface area contributed by atoms with Crippen LogP contribution in [0.4, 0.5) is 0 Å². The van der Waals surface area contributed by atoms with Gasteiger partial charge in [0, 0.05) is 25.4 Å². The van der Waals surface area contributed by atoms with E-state index < -0.39 is 5.78 Å². The quantitative estimate of drug-likeness (QED) is 0.380. The molecule has 2 rings (SSSR count). The molecule has 0 bridgehead atoms. The zero-order chi connectivity index (χ0) is 8.72. The number of allylic oxidation sites excluding steroid dienone is 3. The van der Waals surface area contributed by atoms with Crippen LogP contribution in [0, 0.1) is 0 Å². The first-order chi connectivity index (χ1) is 5.68. The molecule has 1 fully saturated rings. The molecule has 0 unspecified atom stereocenters. The summed E-state index contributed by atoms with van der Waals surface area (Å²) in [6.45, 7) is 0.901. The highest BCUT2D eigenvalue weighted by Crippen LogP contribution is 2.27. The van der Waals surface area contributed by atoms with Crippen molar-refractivity contribution < 1.29 is 9.59 Å². The Kier molecular flexibility index (Phi) is 1.40. The number of carbonyl (C=O) groups excluding carboxylic acids is 2. The van der Waals surface area contributed by atoms with Crippen LogP contribution < -0.4 is 0 Å². The molecular formula is C9H9NO2. The fourth-order valence-corrected chi connectivity index (χ4v) is 1.56. The highest BCUT2D eigenvalue weighted by atomic mass is 16.2. The molecule has 12 heavy (non-hydrogen) atoms. The highest BCUT2D eigenvalue weighted by molar-refractivity contribution is 6.46. The molecule has 2 aliphatic rings. The topological polar surface area (TPSA) is 37.4 Å². The van der Waals surface area contributed by atoms with E-state index in [1.807, 2.05) is 11.9 Å². The maximum absolute atomic E-state index is 11.0. The van der Waals surface area contributed by atoms with Crippen LogP contribution in [-0.2, 0) is 9.59 Å². The van der Waals surface area contributed by atoms with E-state index in [0.717, 1.165) is 24.2 Å². The van der Waals surface area contributed by atoms with Crippen LogP contribution in [0.25, 0.3) is 0 Å². The molecular weight excluding hydrogens is 154 g/mol. The largest absolute Gasteiger partial charge is 0.374 e. The zero-order valence-corrected chi connectivity index (χ0v) is 6.83. The number of hydrogen-bond acceptors (Lipinski definition) is 3. The number of ketones is 2. The first kappa shape index (κ1) is 7.28. The van der Waals surface area contributed by atoms with Gasteiger partial charge >= 0.3 is 0 Å². The molecule has 1 aliphatic heterocycles. The van der Waals surface area contributed by atoms with Gasteiger partial charge in [-0.2, -0.15) is 0 Å². The SMILES string of the molecule is CN1CCC2=CC(=O)C(=O)C=C21. The van der Waals surface area contributed by atoms with E-state index in [1.165, 1.54) is 12.2 Å². The Labute approximate surface area is 70.4 Å². The summed E-state index contributed by atoms with van der Waals surface area (Å²) in [4.78, 5) is 23.9. The van der Waals surface area contributed by atoms with Crippen LogP contribution in [-0.4, -0.2) is 30.1 Å². The zero-order valence-electron chi connectivity index (χ0n) is 6.83. The molecule has 1 heterocycles. The minimum atomic E-state index is -0.400. The van der Waals surface area contributed by atoms with Crippen LogP contribution in [0.15, 0.2) is 23.4 Å². The van der Waals surface area contributed by atoms with Gasteiger partial charge in [-0.3, -0.25) is 9.59 Å². The van der Waals surface area contributed by atoms with Gasteiger partial charge in [-0.05, 0) is 18.1 Å². The maximum atomic E-state index is 11.0. The number of nitrogens with zero attached hydrogens (tertiary/aromatic N) is 1. The standard InChI is InChI=1S/C9H9NO2/c1-10-3-2-6-4-8(11)9(12)5-7(6)10/h4-5H,2-3H2,1H3. The molecule has 0 aromatic rings. The van der Waals surface area contributed by atoms with Crippen LogP contribution in [0.5, 0.6) is 0 Å². The van der Waals surface area contributed by atoms with Crippen LogP contribution in [0.2, 0.25) is 0 Å². The molecule has 1 aliphatic carbocycles. The van der Waals surface area contributed by atoms with Gasteiger partial charge in [0.2, 0.25) is 11.6 Å². The molecule has 3 nitrogen and oxygen atoms in total. The first-order valence-electron chi connectivity index (χ1n) is 3.90. The number of hydrogen-bond donors (Lipinski definition) is 0. The Morgan fingerprint density at radius 3 is 2.67 bits per heavy atom. The summed E-state index contributed by atoms with van der Waals surface area (Å²) in [5.41, 5.74) is 1.92. The second kappa shape index (κ2) is 2.30. The highest BCUT2D eigenvalue weighted by Gasteiger charge is 2.26. The van der Waals surface area contributed by atoms with Gasteiger partial charge in [0.05, 0.1) is 0 Å². The van der Waals surface area contributed by atoms with E-state index in [9.17, 15) is 9.59 Å². The molecule has 0 amide bonds. The summed E-state index contributed by atoms with van der Waals surface area (Å²) >= 11 is 0. The molecule has 0 aromatic carbocycles. The van der Waals surface area contributed by atoms with Gasteiger partial charge < -0.3 is 4.90 Å². The normalized spacial score (nSPS) is 22.2. The average molecular weight is 163 g/mol. The summed E-state index contributed by atoms with van der Waals surface area (Å²) in [6, 6.07) is 0. The van der Waals surface area contributed by atoms with Crippen molar-refractivity contribution in [2.24, 2.45) is 0 Å². The Morgan fingerprint density at radius 2 is 1.92 bits per heavy atom. The number of likely N-dealkylation sites (tertiary alicyclic amines) is 1. The lowest BCUT2D eigenvalue weighted by Crippen LogP contribution is -2.18. The molecule has 0 aromatic heterocycles. The fourth-order valence-electron chi connectivity index (χ4n) is 1.56. The fraction of sp³-hybridized carbons (Fsp3) is 0.333. The van der Waals surface area contributed by atoms with Gasteiger partial charge in [0.25, 0.3) is 0 Å². The first-order valence-corrected chi connectivity index (χ1v) is 3.90. The van der Waals surface area contributed by atoms with E-state index in [-0.39, 0.29) is 5.78 Å². The molecule has 62 valence electrons. The van der Waals surface area contributed by atoms with Crippen molar-refractivity contribution in [1.82, 2.24) is 4.90 Å². The van der Waals surface area contributed by atoms with Crippen molar-refractivity contribution >= 4 is 11.6 Å². The smallest absolute Gasteiger partial charge is 0.227 e. The Balaban J connectivity index is 2.44. The summed E-state index contributed by atoms with van der Waals surface area (Å²) in [5, 5.41) is 0. The van der Waals surface area contributed by atoms with E-state index in [0.29, 0.717) is 0 Å². The van der Waals surface area contributed by atoms with Crippen LogP contribution in [0.3, 0.4) is 0 Å². The summed E-state index contributed by atoms with van der Waals surface area (Å²) < 4.78 is 0. The number of rotatable bonds is 0. The monoisotopic (exact) mass is 163 g/mol. The summed E-state index contributed by atoms with van der Waals surface area (Å²) in [5.74, 6) is -0.786. The number of fused-ring (bicyclic) bond motifs is 1. The van der Waals surface area contributed by atoms with Crippen molar-refractivity contribution in [2.45, 2.75) is 6.42 Å². The van der Waals surface area contributed by atoms with Gasteiger partial charge in [-0.15, -0.1) is 0 Å². The molecule has 0 radical (unpaired) electrons. The average Bonchev–Trinajstić information content (AvgIpc) is 2.35. The van der Waals surface area contributed by atoms with Crippen molar-refractivity contribution in [2.75, 3.05) is 13.6 Å². The van der Waals surface area contributed by atoms with Crippen LogP contribution >= 0.6 is 0 Å². The molecule has 0 N–H and O–H groups in total. The summed E-state index contributed by atoms with van der Waals surface area (Å²) in [7, 11) is 1.93. The van der Waals surface area contributed by atoms with Gasteiger partial charge in [-0.1, -0.05) is 0 Å². The van der Waals surface area contributed by atoms with E-state index in [2.05, 4.69) is 0 Å².